The van der Waals surface area contributed by atoms with Gasteiger partial charge in [0.15, 0.2) is 0 Å². The maximum atomic E-state index is 13.0. The number of hydrogen-bond donors (Lipinski definition) is 1. The molecule has 20 nitrogen and oxygen atoms in total. The van der Waals surface area contributed by atoms with E-state index in [2.05, 4.69) is 290 Å². The highest BCUT2D eigenvalue weighted by Crippen LogP contribution is 2.27. The summed E-state index contributed by atoms with van der Waals surface area (Å²) in [5.41, 5.74) is 6.73. The number of nitrogens with zero attached hydrogens (tertiary/aromatic N) is 2. The molecule has 0 radical (unpaired) electrons. The fraction of sp³-hybridized carbons (Fsp3) is 0.415. The van der Waals surface area contributed by atoms with Gasteiger partial charge in [-0.25, -0.2) is 14.4 Å². The number of cyclic esters (lactones) is 2. The summed E-state index contributed by atoms with van der Waals surface area (Å²) in [6.45, 7) is 11.0. The number of aryl methyl sites for hydroxylation is 8. The molecule has 9 aromatic rings. The van der Waals surface area contributed by atoms with Crippen molar-refractivity contribution in [3.8, 4) is 0 Å². The van der Waals surface area contributed by atoms with E-state index < -0.39 is 103 Å². The number of unbranched alkanes of at least 4 members (excludes halogenated alkanes) is 1. The van der Waals surface area contributed by atoms with Crippen LogP contribution in [-0.4, -0.2) is 164 Å². The molecule has 0 bridgehead atoms. The van der Waals surface area contributed by atoms with E-state index in [1.807, 2.05) is 0 Å². The van der Waals surface area contributed by atoms with Gasteiger partial charge in [0.1, 0.15) is 75.3 Å². The molecule has 0 saturated carbocycles. The molecule has 3 atom stereocenters. The summed E-state index contributed by atoms with van der Waals surface area (Å²) in [5, 5.41) is 9.43. The van der Waals surface area contributed by atoms with Gasteiger partial charge in [-0.1, -0.05) is 310 Å². The van der Waals surface area contributed by atoms with Gasteiger partial charge in [-0.05, 0) is 210 Å². The summed E-state index contributed by atoms with van der Waals surface area (Å²) in [5.74, 6) is -2.65. The van der Waals surface area contributed by atoms with Gasteiger partial charge in [-0.2, -0.15) is 0 Å². The molecular formula is C106H146N2O18. The van der Waals surface area contributed by atoms with Crippen LogP contribution in [0.4, 0.5) is 14.4 Å². The molecule has 1 saturated heterocycles. The number of rotatable bonds is 37. The van der Waals surface area contributed by atoms with Crippen molar-refractivity contribution in [3.63, 3.8) is 0 Å². The first-order valence-electron chi connectivity index (χ1n) is 43.8. The number of aliphatic hydroxyl groups excluding tert-OH is 1. The molecule has 1 fully saturated rings. The monoisotopic (exact) mass is 1740 g/mol. The fourth-order valence-corrected chi connectivity index (χ4v) is 11.1. The number of ketones is 2. The van der Waals surface area contributed by atoms with Crippen LogP contribution in [0.3, 0.4) is 0 Å². The minimum atomic E-state index is -1.71. The van der Waals surface area contributed by atoms with Crippen LogP contribution in [0.2, 0.25) is 0 Å². The highest BCUT2D eigenvalue weighted by molar-refractivity contribution is 5.84. The average molecular weight is 1740 g/mol. The van der Waals surface area contributed by atoms with E-state index in [4.69, 9.17) is 35.9 Å². The molecular weight excluding hydrogens is 1590 g/mol. The smallest absolute Gasteiger partial charge is 0.465 e. The predicted molar refractivity (Wildman–Crippen MR) is 506 cm³/mol. The molecule has 0 spiro atoms. The third-order valence-corrected chi connectivity index (χ3v) is 19.6. The molecule has 126 heavy (non-hydrogen) atoms. The van der Waals surface area contributed by atoms with Gasteiger partial charge in [0.25, 0.3) is 0 Å². The Morgan fingerprint density at radius 3 is 0.841 bits per heavy atom. The van der Waals surface area contributed by atoms with Gasteiger partial charge in [0.2, 0.25) is 0 Å². The number of carbonyl (C=O) groups is 8. The molecule has 9 aromatic carbocycles. The summed E-state index contributed by atoms with van der Waals surface area (Å²) in [7, 11) is 11.0. The van der Waals surface area contributed by atoms with E-state index >= 15 is 0 Å². The van der Waals surface area contributed by atoms with Gasteiger partial charge in [-0.3, -0.25) is 24.0 Å². The molecule has 1 aliphatic rings. The zero-order chi connectivity index (χ0) is 93.1. The van der Waals surface area contributed by atoms with Crippen LogP contribution in [-0.2, 0) is 125 Å². The number of carbonyl (C=O) groups excluding carboxylic acids is 8. The minimum absolute atomic E-state index is 0. The first-order valence-corrected chi connectivity index (χ1v) is 41.8. The maximum absolute atomic E-state index is 13.0. The average Bonchev–Trinajstić information content (AvgIpc) is 0.846. The van der Waals surface area contributed by atoms with Crippen molar-refractivity contribution < 1.29 is 88.8 Å². The van der Waals surface area contributed by atoms with Gasteiger partial charge < -0.3 is 57.5 Å². The number of hydrogen-bond acceptors (Lipinski definition) is 20. The fourth-order valence-electron chi connectivity index (χ4n) is 11.1. The Kier molecular flexibility index (Phi) is 57.8. The normalized spacial score (nSPS) is 12.6. The molecule has 0 aliphatic carbocycles. The number of ether oxygens (including phenoxy) is 9. The number of benzene rings is 9. The van der Waals surface area contributed by atoms with Crippen molar-refractivity contribution in [1.82, 2.24) is 9.80 Å². The summed E-state index contributed by atoms with van der Waals surface area (Å²) < 4.78 is 56.5. The Morgan fingerprint density at radius 2 is 0.619 bits per heavy atom. The Balaban J connectivity index is 0.00000159. The third-order valence-electron chi connectivity index (χ3n) is 19.6. The van der Waals surface area contributed by atoms with Crippen LogP contribution >= 0.6 is 0 Å². The number of esters is 3. The lowest BCUT2D eigenvalue weighted by Crippen LogP contribution is -2.42. The molecule has 688 valence electrons. The van der Waals surface area contributed by atoms with Crippen molar-refractivity contribution in [1.29, 1.82) is 0 Å². The van der Waals surface area contributed by atoms with Gasteiger partial charge in [0.05, 0.1) is 24.0 Å². The predicted octanol–water partition coefficient (Wildman–Crippen LogP) is 21.6. The molecule has 20 heteroatoms. The highest BCUT2D eigenvalue weighted by Gasteiger charge is 2.42. The zero-order valence-corrected chi connectivity index (χ0v) is 75.7. The van der Waals surface area contributed by atoms with Crippen LogP contribution in [0.1, 0.15) is 164 Å². The lowest BCUT2D eigenvalue weighted by atomic mass is 9.88. The third kappa shape index (κ3) is 49.8. The second-order valence-corrected chi connectivity index (χ2v) is 31.4. The van der Waals surface area contributed by atoms with E-state index in [0.717, 1.165) is 51.4 Å². The van der Waals surface area contributed by atoms with Crippen LogP contribution in [0.5, 0.6) is 0 Å². The van der Waals surface area contributed by atoms with E-state index in [0.29, 0.717) is 12.0 Å². The summed E-state index contributed by atoms with van der Waals surface area (Å²) in [6, 6.07) is 93.8. The molecule has 10 rings (SSSR count). The lowest BCUT2D eigenvalue weighted by molar-refractivity contribution is -0.167. The second-order valence-electron chi connectivity index (χ2n) is 31.4. The summed E-state index contributed by atoms with van der Waals surface area (Å²) in [4.78, 5) is 99.9. The van der Waals surface area contributed by atoms with Crippen LogP contribution in [0.25, 0.3) is 0 Å². The largest absolute Gasteiger partial charge is 0.508 e. The summed E-state index contributed by atoms with van der Waals surface area (Å²) >= 11 is 0. The Morgan fingerprint density at radius 1 is 0.381 bits per heavy atom. The lowest BCUT2D eigenvalue weighted by Gasteiger charge is -2.29. The van der Waals surface area contributed by atoms with Crippen LogP contribution in [0.15, 0.2) is 273 Å². The zero-order valence-electron chi connectivity index (χ0n) is 77.7. The quantitative estimate of drug-likeness (QED) is 0.0216. The highest BCUT2D eigenvalue weighted by atomic mass is 16.7. The Bertz CT molecular complexity index is 3860. The van der Waals surface area contributed by atoms with Crippen LogP contribution < -0.4 is 0 Å². The van der Waals surface area contributed by atoms with Crippen molar-refractivity contribution in [3.05, 3.63) is 323 Å². The van der Waals surface area contributed by atoms with E-state index in [-0.39, 0.29) is 53.5 Å². The van der Waals surface area contributed by atoms with E-state index in [9.17, 15) is 43.5 Å². The molecule has 1 aliphatic heterocycles. The number of aliphatic hydroxyl groups is 1. The SMILES string of the molecule is C.C.CC(=O)C1(C)COC(=O)OC1.CCCC(=O)OCC(C)(COC(=O)OCC(C)(COC(=O)OCC(C)(CO)C(C)=O)C(=O)OCC)C(=O)OCc1ccccc1.CN(C)CCCCN(C)C.[2H]C.[2H]C.c1ccc(CCc2ccccc2)cc1.c1ccc(CCc2ccccc2)cc1.c1ccc(CCc2ccccc2)cc1.c1ccc(CCc2ccccc2)cc1. The minimum Gasteiger partial charge on any atom is -0.465 e. The Labute approximate surface area is 756 Å². The molecule has 0 amide bonds. The summed E-state index contributed by atoms with van der Waals surface area (Å²) in [6.07, 6.45) is 9.10. The van der Waals surface area contributed by atoms with Crippen molar-refractivity contribution in [2.45, 2.75) is 169 Å². The first-order chi connectivity index (χ1) is 60.6. The van der Waals surface area contributed by atoms with Gasteiger partial charge in [-0.15, -0.1) is 0 Å². The van der Waals surface area contributed by atoms with Crippen molar-refractivity contribution in [2.75, 3.05) is 101 Å². The standard InChI is InChI=1S/C31H44O14.4C14H14.C8H20N2.C7H10O4.4CH4/c1-7-12-24(34)41-18-30(5,26(36)40-15-23-13-10-9-11-14-23)19-43-28(38)45-21-31(6,25(35)39-8-2)20-44-27(37)42-17-29(4,16-32)22(3)33;4*1-3-7-13(8-4-1)11-12-14-9-5-2-6-10-14;1-9(2)7-5-6-8-10(3)4;1-5(8)7(2)3-10-6(9)11-4-7;;;;/h9-11,13-14,32H,7-8,12,15-21H2,1-6H3;4*1-10H,11-12H2;5-8H2,1-4H3;3-4H2,1-2H3;4*1H4/i;;;;;;;2*1D;;. The molecule has 0 aromatic heterocycles. The van der Waals surface area contributed by atoms with E-state index in [1.54, 1.807) is 51.1 Å². The topological polar surface area (TPSA) is 246 Å². The van der Waals surface area contributed by atoms with Crippen molar-refractivity contribution in [2.24, 2.45) is 21.7 Å². The van der Waals surface area contributed by atoms with E-state index in [1.165, 1.54) is 120 Å². The van der Waals surface area contributed by atoms with Gasteiger partial charge in [0, 0.05) is 9.16 Å². The van der Waals surface area contributed by atoms with Gasteiger partial charge >= 0.3 is 36.4 Å². The number of Topliss-reactive ketones (excluding diaryl/α,β-unsaturated/α-hetero) is 2. The van der Waals surface area contributed by atoms with Crippen molar-refractivity contribution >= 4 is 47.9 Å². The second kappa shape index (κ2) is 66.0. The molecule has 3 unspecified atom stereocenters. The molecule has 1 heterocycles. The Hall–Kier alpha value is -11.6. The van der Waals surface area contributed by atoms with Crippen LogP contribution in [0, 0.1) is 21.7 Å². The molecule has 1 N–H and O–H groups in total. The maximum Gasteiger partial charge on any atom is 0.508 e. The first kappa shape index (κ1) is 110.